The highest BCUT2D eigenvalue weighted by Gasteiger charge is 2.29. The van der Waals surface area contributed by atoms with Crippen molar-refractivity contribution >= 4 is 17.6 Å². The summed E-state index contributed by atoms with van der Waals surface area (Å²) in [5.41, 5.74) is 0.403. The molecule has 1 atom stereocenters. The van der Waals surface area contributed by atoms with Gasteiger partial charge in [-0.2, -0.15) is 0 Å². The summed E-state index contributed by atoms with van der Waals surface area (Å²) in [5.74, 6) is -0.0578. The van der Waals surface area contributed by atoms with Gasteiger partial charge in [-0.05, 0) is 31.2 Å². The molecular formula is C19H20FN3O4. The van der Waals surface area contributed by atoms with Gasteiger partial charge in [-0.15, -0.1) is 0 Å². The largest absolute Gasteiger partial charge is 0.493 e. The molecule has 3 amide bonds. The molecule has 1 saturated heterocycles. The molecule has 1 heterocycles. The van der Waals surface area contributed by atoms with Crippen LogP contribution in [-0.4, -0.2) is 43.1 Å². The summed E-state index contributed by atoms with van der Waals surface area (Å²) < 4.78 is 25.2. The molecule has 0 radical (unpaired) electrons. The molecule has 8 heteroatoms. The molecule has 27 heavy (non-hydrogen) atoms. The molecule has 0 spiro atoms. The molecule has 2 aromatic carbocycles. The Labute approximate surface area is 156 Å². The van der Waals surface area contributed by atoms with Gasteiger partial charge in [0.1, 0.15) is 6.04 Å². The van der Waals surface area contributed by atoms with Crippen LogP contribution in [-0.2, 0) is 4.79 Å². The Bertz CT molecular complexity index is 859. The summed E-state index contributed by atoms with van der Waals surface area (Å²) in [6.07, 6.45) is 0. The highest BCUT2D eigenvalue weighted by atomic mass is 19.1. The molecule has 0 aromatic heterocycles. The standard InChI is InChI=1S/C19H20FN3O4/c1-12(18(24)23-10-9-21-19(23)25)22-13-7-8-15(14(20)11-13)27-17-6-4-3-5-16(17)26-2/h3-8,11-12,22H,9-10H2,1-2H3,(H,21,25)/t12-/m0/s1. The molecule has 1 aliphatic rings. The summed E-state index contributed by atoms with van der Waals surface area (Å²) in [6, 6.07) is 10.1. The number of rotatable bonds is 6. The van der Waals surface area contributed by atoms with E-state index in [1.54, 1.807) is 37.3 Å². The SMILES string of the molecule is COc1ccccc1Oc1ccc(N[C@@H](C)C(=O)N2CCNC2=O)cc1F. The molecule has 2 N–H and O–H groups in total. The molecule has 2 aromatic rings. The first-order valence-electron chi connectivity index (χ1n) is 8.45. The lowest BCUT2D eigenvalue weighted by Crippen LogP contribution is -2.43. The van der Waals surface area contributed by atoms with E-state index in [0.29, 0.717) is 30.3 Å². The zero-order chi connectivity index (χ0) is 19.4. The highest BCUT2D eigenvalue weighted by molar-refractivity contribution is 5.99. The van der Waals surface area contributed by atoms with Crippen LogP contribution in [0.2, 0.25) is 0 Å². The second kappa shape index (κ2) is 7.94. The fraction of sp³-hybridized carbons (Fsp3) is 0.263. The zero-order valence-electron chi connectivity index (χ0n) is 15.0. The number of amides is 3. The third kappa shape index (κ3) is 4.11. The second-order valence-corrected chi connectivity index (χ2v) is 5.99. The minimum Gasteiger partial charge on any atom is -0.493 e. The Balaban J connectivity index is 1.69. The van der Waals surface area contributed by atoms with E-state index >= 15 is 0 Å². The van der Waals surface area contributed by atoms with E-state index in [0.717, 1.165) is 4.90 Å². The third-order valence-corrected chi connectivity index (χ3v) is 4.10. The van der Waals surface area contributed by atoms with Crippen LogP contribution in [0.5, 0.6) is 17.2 Å². The smallest absolute Gasteiger partial charge is 0.324 e. The molecule has 3 rings (SSSR count). The van der Waals surface area contributed by atoms with E-state index in [-0.39, 0.29) is 11.7 Å². The zero-order valence-corrected chi connectivity index (χ0v) is 15.0. The summed E-state index contributed by atoms with van der Waals surface area (Å²) >= 11 is 0. The van der Waals surface area contributed by atoms with Crippen molar-refractivity contribution in [2.24, 2.45) is 0 Å². The van der Waals surface area contributed by atoms with E-state index in [4.69, 9.17) is 9.47 Å². The van der Waals surface area contributed by atoms with Gasteiger partial charge in [-0.1, -0.05) is 12.1 Å². The van der Waals surface area contributed by atoms with E-state index < -0.39 is 17.9 Å². The van der Waals surface area contributed by atoms with Crippen molar-refractivity contribution in [2.75, 3.05) is 25.5 Å². The van der Waals surface area contributed by atoms with Crippen molar-refractivity contribution in [1.29, 1.82) is 0 Å². The number of halogens is 1. The van der Waals surface area contributed by atoms with Crippen molar-refractivity contribution in [2.45, 2.75) is 13.0 Å². The number of anilines is 1. The van der Waals surface area contributed by atoms with Gasteiger partial charge < -0.3 is 20.1 Å². The number of hydrogen-bond acceptors (Lipinski definition) is 5. The van der Waals surface area contributed by atoms with Crippen LogP contribution in [0.3, 0.4) is 0 Å². The Kier molecular flexibility index (Phi) is 5.44. The first kappa shape index (κ1) is 18.5. The fourth-order valence-electron chi connectivity index (χ4n) is 2.72. The quantitative estimate of drug-likeness (QED) is 0.814. The Morgan fingerprint density at radius 2 is 1.96 bits per heavy atom. The maximum Gasteiger partial charge on any atom is 0.324 e. The van der Waals surface area contributed by atoms with E-state index in [1.165, 1.54) is 19.2 Å². The van der Waals surface area contributed by atoms with Gasteiger partial charge in [-0.3, -0.25) is 9.69 Å². The van der Waals surface area contributed by atoms with E-state index in [9.17, 15) is 14.0 Å². The molecule has 142 valence electrons. The summed E-state index contributed by atoms with van der Waals surface area (Å²) in [4.78, 5) is 25.0. The van der Waals surface area contributed by atoms with Crippen molar-refractivity contribution < 1.29 is 23.5 Å². The summed E-state index contributed by atoms with van der Waals surface area (Å²) in [5, 5.41) is 5.47. The van der Waals surface area contributed by atoms with Crippen molar-refractivity contribution in [3.8, 4) is 17.2 Å². The lowest BCUT2D eigenvalue weighted by Gasteiger charge is -2.20. The number of methoxy groups -OCH3 is 1. The van der Waals surface area contributed by atoms with Crippen LogP contribution in [0.1, 0.15) is 6.92 Å². The Morgan fingerprint density at radius 3 is 2.59 bits per heavy atom. The number of hydrogen-bond donors (Lipinski definition) is 2. The van der Waals surface area contributed by atoms with Crippen LogP contribution in [0.4, 0.5) is 14.9 Å². The lowest BCUT2D eigenvalue weighted by molar-refractivity contribution is -0.128. The molecular weight excluding hydrogens is 353 g/mol. The number of urea groups is 1. The van der Waals surface area contributed by atoms with Crippen molar-refractivity contribution in [3.05, 3.63) is 48.3 Å². The first-order valence-corrected chi connectivity index (χ1v) is 8.45. The third-order valence-electron chi connectivity index (χ3n) is 4.10. The van der Waals surface area contributed by atoms with Crippen LogP contribution < -0.4 is 20.1 Å². The van der Waals surface area contributed by atoms with Crippen LogP contribution >= 0.6 is 0 Å². The maximum atomic E-state index is 14.4. The molecule has 0 saturated carbocycles. The minimum absolute atomic E-state index is 0.0305. The van der Waals surface area contributed by atoms with Gasteiger partial charge >= 0.3 is 6.03 Å². The number of ether oxygens (including phenoxy) is 2. The van der Waals surface area contributed by atoms with Crippen LogP contribution in [0.25, 0.3) is 0 Å². The van der Waals surface area contributed by atoms with Gasteiger partial charge in [0.15, 0.2) is 23.1 Å². The predicted octanol–water partition coefficient (Wildman–Crippen LogP) is 2.98. The number of carbonyl (C=O) groups is 2. The number of carbonyl (C=O) groups excluding carboxylic acids is 2. The Morgan fingerprint density at radius 1 is 1.22 bits per heavy atom. The van der Waals surface area contributed by atoms with E-state index in [2.05, 4.69) is 10.6 Å². The number of imide groups is 1. The van der Waals surface area contributed by atoms with Gasteiger partial charge in [0.25, 0.3) is 5.91 Å². The van der Waals surface area contributed by atoms with Gasteiger partial charge in [0.2, 0.25) is 0 Å². The van der Waals surface area contributed by atoms with Crippen LogP contribution in [0, 0.1) is 5.82 Å². The molecule has 0 bridgehead atoms. The van der Waals surface area contributed by atoms with Crippen molar-refractivity contribution in [3.63, 3.8) is 0 Å². The molecule has 0 unspecified atom stereocenters. The lowest BCUT2D eigenvalue weighted by atomic mass is 10.2. The monoisotopic (exact) mass is 373 g/mol. The predicted molar refractivity (Wildman–Crippen MR) is 97.7 cm³/mol. The topological polar surface area (TPSA) is 79.9 Å². The van der Waals surface area contributed by atoms with Gasteiger partial charge in [0, 0.05) is 24.8 Å². The number of benzene rings is 2. The van der Waals surface area contributed by atoms with Crippen LogP contribution in [0.15, 0.2) is 42.5 Å². The van der Waals surface area contributed by atoms with E-state index in [1.807, 2.05) is 0 Å². The first-order chi connectivity index (χ1) is 13.0. The van der Waals surface area contributed by atoms with Gasteiger partial charge in [-0.25, -0.2) is 9.18 Å². The summed E-state index contributed by atoms with van der Waals surface area (Å²) in [6.45, 7) is 2.37. The average Bonchev–Trinajstić information content (AvgIpc) is 3.09. The normalized spacial score (nSPS) is 14.5. The molecule has 7 nitrogen and oxygen atoms in total. The molecule has 1 fully saturated rings. The Hall–Kier alpha value is -3.29. The fourth-order valence-corrected chi connectivity index (χ4v) is 2.72. The number of nitrogens with zero attached hydrogens (tertiary/aromatic N) is 1. The number of nitrogens with one attached hydrogen (secondary N) is 2. The number of para-hydroxylation sites is 2. The second-order valence-electron chi connectivity index (χ2n) is 5.99. The average molecular weight is 373 g/mol. The minimum atomic E-state index is -0.686. The maximum absolute atomic E-state index is 14.4. The van der Waals surface area contributed by atoms with Gasteiger partial charge in [0.05, 0.1) is 7.11 Å². The summed E-state index contributed by atoms with van der Waals surface area (Å²) in [7, 11) is 1.50. The molecule has 0 aliphatic carbocycles. The van der Waals surface area contributed by atoms with Crippen molar-refractivity contribution in [1.82, 2.24) is 10.2 Å². The highest BCUT2D eigenvalue weighted by Crippen LogP contribution is 2.33. The molecule has 1 aliphatic heterocycles.